The number of benzene rings is 2. The van der Waals surface area contributed by atoms with Crippen molar-refractivity contribution in [1.29, 1.82) is 0 Å². The zero-order chi connectivity index (χ0) is 16.1. The van der Waals surface area contributed by atoms with Gasteiger partial charge in [-0.1, -0.05) is 54.7 Å². The molecule has 0 saturated heterocycles. The fourth-order valence-electron chi connectivity index (χ4n) is 5.79. The summed E-state index contributed by atoms with van der Waals surface area (Å²) in [6, 6.07) is 4.76. The molecule has 0 radical (unpaired) electrons. The fourth-order valence-corrected chi connectivity index (χ4v) is 5.79. The van der Waals surface area contributed by atoms with E-state index >= 15 is 0 Å². The molecule has 118 valence electrons. The maximum absolute atomic E-state index is 2.50. The van der Waals surface area contributed by atoms with Gasteiger partial charge in [-0.15, -0.1) is 0 Å². The molecular weight excluding hydrogens is 300 g/mol. The summed E-state index contributed by atoms with van der Waals surface area (Å²) in [5.41, 5.74) is 13.9. The van der Waals surface area contributed by atoms with Crippen molar-refractivity contribution in [3.05, 3.63) is 81.5 Å². The van der Waals surface area contributed by atoms with Crippen LogP contribution in [0.3, 0.4) is 0 Å². The third-order valence-electron chi connectivity index (χ3n) is 6.79. The van der Waals surface area contributed by atoms with Gasteiger partial charge in [-0.25, -0.2) is 0 Å². The van der Waals surface area contributed by atoms with Gasteiger partial charge in [0, 0.05) is 5.92 Å². The van der Waals surface area contributed by atoms with E-state index in [0.29, 0.717) is 5.92 Å². The first-order chi connectivity index (χ1) is 12.4. The van der Waals surface area contributed by atoms with Gasteiger partial charge in [0.1, 0.15) is 0 Å². The highest BCUT2D eigenvalue weighted by Gasteiger charge is 2.36. The molecule has 0 nitrogen and oxygen atoms in total. The first-order valence-electron chi connectivity index (χ1n) is 9.48. The predicted octanol–water partition coefficient (Wildman–Crippen LogP) is 6.11. The van der Waals surface area contributed by atoms with Crippen LogP contribution in [0.1, 0.15) is 46.2 Å². The molecule has 0 fully saturated rings. The molecule has 7 rings (SSSR count). The maximum atomic E-state index is 2.50. The van der Waals surface area contributed by atoms with Crippen LogP contribution in [-0.4, -0.2) is 0 Å². The Labute approximate surface area is 147 Å². The summed E-state index contributed by atoms with van der Waals surface area (Å²) in [4.78, 5) is 0. The van der Waals surface area contributed by atoms with Crippen LogP contribution in [0.15, 0.2) is 48.1 Å². The van der Waals surface area contributed by atoms with E-state index in [1.165, 1.54) is 27.6 Å². The van der Waals surface area contributed by atoms with Gasteiger partial charge < -0.3 is 0 Å². The quantitative estimate of drug-likeness (QED) is 0.550. The van der Waals surface area contributed by atoms with Crippen LogP contribution in [0.25, 0.3) is 34.1 Å². The van der Waals surface area contributed by atoms with Gasteiger partial charge >= 0.3 is 0 Å². The second-order valence-electron chi connectivity index (χ2n) is 7.97. The Hall–Kier alpha value is -2.60. The van der Waals surface area contributed by atoms with Crippen molar-refractivity contribution in [2.75, 3.05) is 0 Å². The summed E-state index contributed by atoms with van der Waals surface area (Å²) in [5.74, 6) is 0.580. The highest BCUT2D eigenvalue weighted by molar-refractivity contribution is 6.13. The van der Waals surface area contributed by atoms with Crippen LogP contribution in [0.4, 0.5) is 0 Å². The average Bonchev–Trinajstić information content (AvgIpc) is 2.67. The zero-order valence-electron chi connectivity index (χ0n) is 14.1. The van der Waals surface area contributed by atoms with Crippen LogP contribution in [0, 0.1) is 5.92 Å². The average molecular weight is 318 g/mol. The smallest absolute Gasteiger partial charge is 0.00651 e. The van der Waals surface area contributed by atoms with E-state index in [-0.39, 0.29) is 0 Å². The Bertz CT molecular complexity index is 1170. The molecular formula is C25H18. The molecule has 2 aromatic carbocycles. The van der Waals surface area contributed by atoms with E-state index in [1.807, 2.05) is 0 Å². The molecule has 1 unspecified atom stereocenters. The van der Waals surface area contributed by atoms with Gasteiger partial charge in [-0.2, -0.15) is 0 Å². The molecule has 5 aliphatic carbocycles. The number of hydrogen-bond donors (Lipinski definition) is 0. The standard InChI is InChI=1S/C25H18/c1-3-14-11-12-20-19-6-2-4-15-7-8-16-9-10-18-13-17(5-1)21(14)25(20)24(18)23(16)22(15)19/h1-2,5-8,10-12,14H,3-4,9,13H2. The molecule has 0 saturated carbocycles. The summed E-state index contributed by atoms with van der Waals surface area (Å²) in [5, 5.41) is 3.11. The molecule has 1 atom stereocenters. The summed E-state index contributed by atoms with van der Waals surface area (Å²) in [6.45, 7) is 0. The predicted molar refractivity (Wildman–Crippen MR) is 106 cm³/mol. The van der Waals surface area contributed by atoms with Crippen LogP contribution in [0.5, 0.6) is 0 Å². The Morgan fingerprint density at radius 1 is 0.800 bits per heavy atom. The summed E-state index contributed by atoms with van der Waals surface area (Å²) >= 11 is 0. The zero-order valence-corrected chi connectivity index (χ0v) is 14.1. The molecule has 0 heteroatoms. The van der Waals surface area contributed by atoms with Crippen LogP contribution < -0.4 is 0 Å². The van der Waals surface area contributed by atoms with Crippen molar-refractivity contribution in [3.63, 3.8) is 0 Å². The molecule has 0 heterocycles. The Morgan fingerprint density at radius 3 is 2.68 bits per heavy atom. The van der Waals surface area contributed by atoms with Gasteiger partial charge in [0.15, 0.2) is 0 Å². The SMILES string of the molecule is C1=Cc2c3c4c5c6c(ccc(c26)C1)CC=C5CC1=C4C(C=C3)CC=C1. The Morgan fingerprint density at radius 2 is 1.72 bits per heavy atom. The monoisotopic (exact) mass is 318 g/mol. The van der Waals surface area contributed by atoms with E-state index in [9.17, 15) is 0 Å². The van der Waals surface area contributed by atoms with Gasteiger partial charge in [0.25, 0.3) is 0 Å². The Kier molecular flexibility index (Phi) is 2.10. The van der Waals surface area contributed by atoms with E-state index in [1.54, 1.807) is 33.2 Å². The van der Waals surface area contributed by atoms with Gasteiger partial charge in [-0.05, 0) is 86.6 Å². The van der Waals surface area contributed by atoms with Crippen LogP contribution in [-0.2, 0) is 12.8 Å². The highest BCUT2D eigenvalue weighted by atomic mass is 14.4. The van der Waals surface area contributed by atoms with Crippen molar-refractivity contribution in [2.24, 2.45) is 5.92 Å². The lowest BCUT2D eigenvalue weighted by molar-refractivity contribution is 0.824. The lowest BCUT2D eigenvalue weighted by atomic mass is 9.65. The molecule has 0 amide bonds. The lowest BCUT2D eigenvalue weighted by Crippen LogP contribution is -2.20. The first-order valence-corrected chi connectivity index (χ1v) is 9.48. The van der Waals surface area contributed by atoms with Crippen LogP contribution >= 0.6 is 0 Å². The molecule has 2 aromatic rings. The van der Waals surface area contributed by atoms with E-state index < -0.39 is 0 Å². The molecule has 25 heavy (non-hydrogen) atoms. The van der Waals surface area contributed by atoms with Crippen molar-refractivity contribution in [3.8, 4) is 0 Å². The van der Waals surface area contributed by atoms with E-state index in [4.69, 9.17) is 0 Å². The molecule has 5 aliphatic rings. The van der Waals surface area contributed by atoms with Crippen molar-refractivity contribution in [2.45, 2.75) is 25.7 Å². The maximum Gasteiger partial charge on any atom is 0.00651 e. The lowest BCUT2D eigenvalue weighted by Gasteiger charge is -2.38. The van der Waals surface area contributed by atoms with Gasteiger partial charge in [-0.3, -0.25) is 0 Å². The van der Waals surface area contributed by atoms with Gasteiger partial charge in [0.2, 0.25) is 0 Å². The van der Waals surface area contributed by atoms with Crippen molar-refractivity contribution >= 4 is 34.1 Å². The summed E-state index contributed by atoms with van der Waals surface area (Å²) in [6.07, 6.45) is 21.3. The molecule has 0 aliphatic heterocycles. The normalized spacial score (nSPS) is 23.4. The number of fused-ring (bicyclic) bond motifs is 1. The largest absolute Gasteiger partial charge is 0.0833 e. The summed E-state index contributed by atoms with van der Waals surface area (Å²) in [7, 11) is 0. The van der Waals surface area contributed by atoms with Crippen molar-refractivity contribution in [1.82, 2.24) is 0 Å². The number of rotatable bonds is 0. The molecule has 0 spiro atoms. The second kappa shape index (κ2) is 4.14. The third kappa shape index (κ3) is 1.38. The van der Waals surface area contributed by atoms with Crippen molar-refractivity contribution < 1.29 is 0 Å². The topological polar surface area (TPSA) is 0 Å². The third-order valence-corrected chi connectivity index (χ3v) is 6.79. The minimum atomic E-state index is 0.580. The Balaban J connectivity index is 1.79. The minimum absolute atomic E-state index is 0.580. The highest BCUT2D eigenvalue weighted by Crippen LogP contribution is 2.55. The fraction of sp³-hybridized carbons (Fsp3) is 0.200. The molecule has 0 aromatic heterocycles. The summed E-state index contributed by atoms with van der Waals surface area (Å²) < 4.78 is 0. The van der Waals surface area contributed by atoms with Gasteiger partial charge in [0.05, 0.1) is 0 Å². The van der Waals surface area contributed by atoms with Crippen LogP contribution in [0.2, 0.25) is 0 Å². The number of allylic oxidation sites excluding steroid dienone is 8. The number of hydrogen-bond acceptors (Lipinski definition) is 0. The minimum Gasteiger partial charge on any atom is -0.0833 e. The molecule has 0 bridgehead atoms. The first kappa shape index (κ1) is 12.7. The second-order valence-corrected chi connectivity index (χ2v) is 7.97. The van der Waals surface area contributed by atoms with E-state index in [0.717, 1.165) is 25.7 Å². The molecule has 0 N–H and O–H groups in total. The van der Waals surface area contributed by atoms with E-state index in [2.05, 4.69) is 54.7 Å².